The average Bonchev–Trinajstić information content (AvgIpc) is 3.27. The van der Waals surface area contributed by atoms with Gasteiger partial charge >= 0.3 is 0 Å². The maximum absolute atomic E-state index is 12.0. The number of hydrogen-bond acceptors (Lipinski definition) is 7. The number of carbonyl (C=O) groups excluding carboxylic acids is 1. The number of pyridine rings is 1. The largest absolute Gasteiger partial charge is 0.370 e. The Balaban J connectivity index is 1.50. The third kappa shape index (κ3) is 4.59. The van der Waals surface area contributed by atoms with Crippen molar-refractivity contribution in [2.45, 2.75) is 13.3 Å². The van der Waals surface area contributed by atoms with Gasteiger partial charge in [0.15, 0.2) is 0 Å². The van der Waals surface area contributed by atoms with E-state index in [9.17, 15) is 4.79 Å². The highest BCUT2D eigenvalue weighted by Crippen LogP contribution is 2.15. The molecule has 3 rings (SSSR count). The maximum Gasteiger partial charge on any atom is 0.259 e. The van der Waals surface area contributed by atoms with Gasteiger partial charge in [0.25, 0.3) is 5.91 Å². The van der Waals surface area contributed by atoms with E-state index in [4.69, 9.17) is 0 Å². The quantitative estimate of drug-likeness (QED) is 0.674. The summed E-state index contributed by atoms with van der Waals surface area (Å²) in [5, 5.41) is 16.0. The number of aromatic nitrogens is 3. The molecule has 0 spiro atoms. The molecule has 0 fully saturated rings. The molecule has 3 aromatic heterocycles. The van der Waals surface area contributed by atoms with Crippen molar-refractivity contribution >= 4 is 39.5 Å². The summed E-state index contributed by atoms with van der Waals surface area (Å²) in [5.74, 6) is 1.03. The summed E-state index contributed by atoms with van der Waals surface area (Å²) in [6.45, 7) is 3.04. The van der Waals surface area contributed by atoms with Crippen LogP contribution in [0.3, 0.4) is 0 Å². The Morgan fingerprint density at radius 1 is 1.29 bits per heavy atom. The molecule has 0 aliphatic heterocycles. The van der Waals surface area contributed by atoms with Gasteiger partial charge < -0.3 is 5.32 Å². The van der Waals surface area contributed by atoms with Gasteiger partial charge in [-0.05, 0) is 35.9 Å². The first kappa shape index (κ1) is 16.5. The molecule has 0 radical (unpaired) electrons. The van der Waals surface area contributed by atoms with Crippen LogP contribution in [0.25, 0.3) is 0 Å². The van der Waals surface area contributed by atoms with E-state index >= 15 is 0 Å². The van der Waals surface area contributed by atoms with E-state index < -0.39 is 0 Å². The summed E-state index contributed by atoms with van der Waals surface area (Å²) < 4.78 is 0. The molecule has 6 nitrogen and oxygen atoms in total. The standard InChI is InChI=1S/C16H17N5OS2/c1-11(7-13-3-2-6-23-13)8-17-14-5-4-12(9-18-14)15(22)20-16-21-19-10-24-16/h2-6,9-11H,7-8H2,1H3,(H,17,18)(H,20,21,22). The minimum absolute atomic E-state index is 0.239. The number of thiophene rings is 1. The maximum atomic E-state index is 12.0. The molecular formula is C16H17N5OS2. The first-order valence-corrected chi connectivity index (χ1v) is 9.26. The smallest absolute Gasteiger partial charge is 0.259 e. The minimum atomic E-state index is -0.239. The Morgan fingerprint density at radius 3 is 2.88 bits per heavy atom. The van der Waals surface area contributed by atoms with Crippen LogP contribution < -0.4 is 10.6 Å². The van der Waals surface area contributed by atoms with Crippen molar-refractivity contribution in [1.82, 2.24) is 15.2 Å². The monoisotopic (exact) mass is 359 g/mol. The fraction of sp³-hybridized carbons (Fsp3) is 0.250. The van der Waals surface area contributed by atoms with Crippen molar-refractivity contribution < 1.29 is 4.79 Å². The van der Waals surface area contributed by atoms with Gasteiger partial charge in [-0.25, -0.2) is 4.98 Å². The van der Waals surface area contributed by atoms with E-state index in [2.05, 4.69) is 50.3 Å². The summed E-state index contributed by atoms with van der Waals surface area (Å²) in [6, 6.07) is 7.79. The van der Waals surface area contributed by atoms with Gasteiger partial charge in [0.05, 0.1) is 5.56 Å². The number of nitrogens with zero attached hydrogens (tertiary/aromatic N) is 3. The Kier molecular flexibility index (Phi) is 5.50. The van der Waals surface area contributed by atoms with Crippen molar-refractivity contribution in [3.05, 3.63) is 51.8 Å². The fourth-order valence-electron chi connectivity index (χ4n) is 2.15. The normalized spacial score (nSPS) is 11.9. The van der Waals surface area contributed by atoms with Crippen LogP contribution in [-0.2, 0) is 6.42 Å². The highest BCUT2D eigenvalue weighted by atomic mass is 32.1. The van der Waals surface area contributed by atoms with E-state index in [0.717, 1.165) is 18.8 Å². The second-order valence-corrected chi connectivity index (χ2v) is 7.27. The van der Waals surface area contributed by atoms with Crippen LogP contribution in [0.4, 0.5) is 10.9 Å². The third-order valence-electron chi connectivity index (χ3n) is 3.37. The SMILES string of the molecule is CC(CNc1ccc(C(=O)Nc2nncs2)cn1)Cc1cccs1. The van der Waals surface area contributed by atoms with E-state index in [1.54, 1.807) is 29.1 Å². The molecule has 1 atom stereocenters. The number of carbonyl (C=O) groups is 1. The molecule has 1 unspecified atom stereocenters. The summed E-state index contributed by atoms with van der Waals surface area (Å²) in [6.07, 6.45) is 2.61. The van der Waals surface area contributed by atoms with E-state index in [1.165, 1.54) is 16.2 Å². The lowest BCUT2D eigenvalue weighted by Crippen LogP contribution is -2.15. The van der Waals surface area contributed by atoms with Crippen LogP contribution >= 0.6 is 22.7 Å². The molecule has 0 aromatic carbocycles. The van der Waals surface area contributed by atoms with Gasteiger partial charge in [0, 0.05) is 17.6 Å². The lowest BCUT2D eigenvalue weighted by atomic mass is 10.1. The molecule has 0 saturated carbocycles. The molecule has 0 saturated heterocycles. The molecule has 1 amide bonds. The number of rotatable bonds is 7. The Bertz CT molecular complexity index is 756. The van der Waals surface area contributed by atoms with Crippen LogP contribution in [0.15, 0.2) is 41.4 Å². The predicted molar refractivity (Wildman–Crippen MR) is 97.8 cm³/mol. The summed E-state index contributed by atoms with van der Waals surface area (Å²) in [7, 11) is 0. The molecule has 8 heteroatoms. The lowest BCUT2D eigenvalue weighted by Gasteiger charge is -2.12. The zero-order valence-corrected chi connectivity index (χ0v) is 14.7. The summed E-state index contributed by atoms with van der Waals surface area (Å²) in [5.41, 5.74) is 2.06. The zero-order valence-electron chi connectivity index (χ0n) is 13.1. The Hall–Kier alpha value is -2.32. The van der Waals surface area contributed by atoms with E-state index in [0.29, 0.717) is 16.6 Å². The number of amides is 1. The molecule has 0 aliphatic carbocycles. The van der Waals surface area contributed by atoms with Gasteiger partial charge in [-0.3, -0.25) is 10.1 Å². The highest BCUT2D eigenvalue weighted by molar-refractivity contribution is 7.13. The predicted octanol–water partition coefficient (Wildman–Crippen LogP) is 3.54. The van der Waals surface area contributed by atoms with Crippen molar-refractivity contribution in [3.63, 3.8) is 0 Å². The molecule has 124 valence electrons. The summed E-state index contributed by atoms with van der Waals surface area (Å²) in [4.78, 5) is 17.7. The van der Waals surface area contributed by atoms with Gasteiger partial charge in [0.2, 0.25) is 5.13 Å². The summed E-state index contributed by atoms with van der Waals surface area (Å²) >= 11 is 3.06. The molecule has 3 aromatic rings. The zero-order chi connectivity index (χ0) is 16.8. The number of hydrogen-bond donors (Lipinski definition) is 2. The van der Waals surface area contributed by atoms with Gasteiger partial charge in [0.1, 0.15) is 11.3 Å². The van der Waals surface area contributed by atoms with Gasteiger partial charge in [-0.2, -0.15) is 0 Å². The topological polar surface area (TPSA) is 79.8 Å². The third-order valence-corrected chi connectivity index (χ3v) is 4.87. The van der Waals surface area contributed by atoms with E-state index in [-0.39, 0.29) is 5.91 Å². The van der Waals surface area contributed by atoms with Crippen molar-refractivity contribution in [2.24, 2.45) is 5.92 Å². The van der Waals surface area contributed by atoms with Crippen LogP contribution in [0.2, 0.25) is 0 Å². The van der Waals surface area contributed by atoms with Crippen LogP contribution in [-0.4, -0.2) is 27.6 Å². The Morgan fingerprint density at radius 2 is 2.21 bits per heavy atom. The molecule has 24 heavy (non-hydrogen) atoms. The Labute approximate surface area is 148 Å². The second kappa shape index (κ2) is 7.98. The highest BCUT2D eigenvalue weighted by Gasteiger charge is 2.09. The molecule has 2 N–H and O–H groups in total. The van der Waals surface area contributed by atoms with Gasteiger partial charge in [-0.1, -0.05) is 24.3 Å². The molecule has 0 aliphatic rings. The van der Waals surface area contributed by atoms with Crippen LogP contribution in [0.1, 0.15) is 22.2 Å². The first-order valence-electron chi connectivity index (χ1n) is 7.50. The number of nitrogens with one attached hydrogen (secondary N) is 2. The van der Waals surface area contributed by atoms with E-state index in [1.807, 2.05) is 6.07 Å². The van der Waals surface area contributed by atoms with Crippen LogP contribution in [0, 0.1) is 5.92 Å². The number of anilines is 2. The first-order chi connectivity index (χ1) is 11.7. The van der Waals surface area contributed by atoms with Crippen molar-refractivity contribution in [2.75, 3.05) is 17.2 Å². The van der Waals surface area contributed by atoms with Gasteiger partial charge in [-0.15, -0.1) is 21.5 Å². The average molecular weight is 359 g/mol. The van der Waals surface area contributed by atoms with Crippen molar-refractivity contribution in [3.8, 4) is 0 Å². The van der Waals surface area contributed by atoms with Crippen LogP contribution in [0.5, 0.6) is 0 Å². The van der Waals surface area contributed by atoms with Crippen molar-refractivity contribution in [1.29, 1.82) is 0 Å². The molecule has 3 heterocycles. The molecule has 0 bridgehead atoms. The fourth-order valence-corrected chi connectivity index (χ4v) is 3.46. The lowest BCUT2D eigenvalue weighted by molar-refractivity contribution is 0.102. The molecular weight excluding hydrogens is 342 g/mol. The minimum Gasteiger partial charge on any atom is -0.370 e. The second-order valence-electron chi connectivity index (χ2n) is 5.40.